The van der Waals surface area contributed by atoms with E-state index in [0.29, 0.717) is 5.02 Å². The first-order valence-electron chi connectivity index (χ1n) is 7.58. The number of phenols is 1. The summed E-state index contributed by atoms with van der Waals surface area (Å²) in [6, 6.07) is 9.49. The molecule has 0 unspecified atom stereocenters. The summed E-state index contributed by atoms with van der Waals surface area (Å²) in [5.41, 5.74) is 2.52. The summed E-state index contributed by atoms with van der Waals surface area (Å²) in [4.78, 5) is 35.2. The smallest absolute Gasteiger partial charge is 0.285 e. The molecule has 28 heavy (non-hydrogen) atoms. The van der Waals surface area contributed by atoms with Gasteiger partial charge >= 0.3 is 0 Å². The van der Waals surface area contributed by atoms with E-state index in [1.807, 2.05) is 0 Å². The fraction of sp³-hybridized carbons (Fsp3) is 0. The summed E-state index contributed by atoms with van der Waals surface area (Å²) >= 11 is 11.8. The van der Waals surface area contributed by atoms with Crippen LogP contribution in [-0.4, -0.2) is 31.2 Å². The van der Waals surface area contributed by atoms with Crippen LogP contribution in [0, 0.1) is 10.1 Å². The molecule has 0 spiro atoms. The number of thiocarbonyl (C=S) groups is 1. The van der Waals surface area contributed by atoms with E-state index in [4.69, 9.17) is 23.8 Å². The van der Waals surface area contributed by atoms with Crippen molar-refractivity contribution in [2.24, 2.45) is 0 Å². The number of carbonyl (C=O) groups excluding carboxylic acids is 2. The normalized spacial score (nSPS) is 15.2. The molecule has 0 bridgehead atoms. The van der Waals surface area contributed by atoms with Gasteiger partial charge in [-0.1, -0.05) is 23.4 Å². The van der Waals surface area contributed by atoms with E-state index in [1.54, 1.807) is 0 Å². The molecule has 0 saturated carbocycles. The molecular weight excluding hydrogens is 426 g/mol. The molecule has 1 aliphatic rings. The fourth-order valence-corrected chi connectivity index (χ4v) is 3.54. The second-order valence-corrected chi connectivity index (χ2v) is 7.58. The number of hydrazine groups is 1. The van der Waals surface area contributed by atoms with Gasteiger partial charge < -0.3 is 5.11 Å². The SMILES string of the molecule is O=C(NN1C(=O)C(=Cc2cc([N+](=O)[O-])ccc2O)SC1=S)c1ccc(Cl)cc1. The Hall–Kier alpha value is -2.95. The number of halogens is 1. The van der Waals surface area contributed by atoms with Crippen molar-refractivity contribution in [1.29, 1.82) is 0 Å². The number of nitrogens with one attached hydrogen (secondary N) is 1. The summed E-state index contributed by atoms with van der Waals surface area (Å²) in [6.45, 7) is 0. The van der Waals surface area contributed by atoms with E-state index < -0.39 is 16.7 Å². The van der Waals surface area contributed by atoms with Gasteiger partial charge in [-0.3, -0.25) is 25.1 Å². The lowest BCUT2D eigenvalue weighted by molar-refractivity contribution is -0.384. The highest BCUT2D eigenvalue weighted by molar-refractivity contribution is 8.26. The number of hydrogen-bond donors (Lipinski definition) is 2. The standard InChI is InChI=1S/C17H10ClN3O5S2/c18-11-3-1-9(2-4-11)15(23)19-20-16(24)14(28-17(20)27)8-10-7-12(21(25)26)5-6-13(10)22/h1-8,22H,(H,19,23). The van der Waals surface area contributed by atoms with Crippen molar-refractivity contribution in [3.05, 3.63) is 73.6 Å². The van der Waals surface area contributed by atoms with Gasteiger partial charge in [0, 0.05) is 28.3 Å². The first kappa shape index (κ1) is 19.8. The third-order valence-electron chi connectivity index (χ3n) is 3.62. The molecule has 0 aliphatic carbocycles. The van der Waals surface area contributed by atoms with E-state index in [1.165, 1.54) is 30.3 Å². The number of benzene rings is 2. The topological polar surface area (TPSA) is 113 Å². The molecule has 2 N–H and O–H groups in total. The largest absolute Gasteiger partial charge is 0.507 e. The molecule has 8 nitrogen and oxygen atoms in total. The Labute approximate surface area is 172 Å². The van der Waals surface area contributed by atoms with E-state index >= 15 is 0 Å². The average Bonchev–Trinajstić information content (AvgIpc) is 2.91. The lowest BCUT2D eigenvalue weighted by Gasteiger charge is -2.15. The zero-order chi connectivity index (χ0) is 20.4. The molecule has 1 saturated heterocycles. The number of phenolic OH excluding ortho intramolecular Hbond substituents is 1. The summed E-state index contributed by atoms with van der Waals surface area (Å²) < 4.78 is 0.0727. The van der Waals surface area contributed by atoms with Crippen LogP contribution >= 0.6 is 35.6 Å². The molecule has 0 radical (unpaired) electrons. The Morgan fingerprint density at radius 3 is 2.61 bits per heavy atom. The molecule has 1 aliphatic heterocycles. The lowest BCUT2D eigenvalue weighted by Crippen LogP contribution is -2.44. The molecule has 3 rings (SSSR count). The minimum Gasteiger partial charge on any atom is -0.507 e. The number of aromatic hydroxyl groups is 1. The van der Waals surface area contributed by atoms with Crippen LogP contribution < -0.4 is 5.43 Å². The van der Waals surface area contributed by atoms with Gasteiger partial charge in [-0.2, -0.15) is 5.01 Å². The highest BCUT2D eigenvalue weighted by Gasteiger charge is 2.34. The minimum atomic E-state index is -0.622. The fourth-order valence-electron chi connectivity index (χ4n) is 2.24. The van der Waals surface area contributed by atoms with Gasteiger partial charge in [-0.25, -0.2) is 0 Å². The Morgan fingerprint density at radius 2 is 1.96 bits per heavy atom. The second kappa shape index (κ2) is 7.97. The molecule has 142 valence electrons. The number of hydrogen-bond acceptors (Lipinski definition) is 7. The van der Waals surface area contributed by atoms with Crippen LogP contribution in [0.4, 0.5) is 5.69 Å². The van der Waals surface area contributed by atoms with E-state index in [-0.39, 0.29) is 31.8 Å². The van der Waals surface area contributed by atoms with Gasteiger partial charge in [-0.15, -0.1) is 0 Å². The quantitative estimate of drug-likeness (QED) is 0.327. The number of rotatable bonds is 4. The second-order valence-electron chi connectivity index (χ2n) is 5.47. The van der Waals surface area contributed by atoms with Crippen molar-refractivity contribution in [1.82, 2.24) is 10.4 Å². The molecule has 2 aromatic rings. The van der Waals surface area contributed by atoms with E-state index in [0.717, 1.165) is 35.0 Å². The summed E-state index contributed by atoms with van der Waals surface area (Å²) in [5, 5.41) is 22.2. The molecule has 0 atom stereocenters. The number of carbonyl (C=O) groups is 2. The van der Waals surface area contributed by atoms with Crippen LogP contribution in [0.5, 0.6) is 5.75 Å². The number of non-ortho nitro benzene ring substituents is 1. The highest BCUT2D eigenvalue weighted by Crippen LogP contribution is 2.34. The maximum Gasteiger partial charge on any atom is 0.285 e. The van der Waals surface area contributed by atoms with Crippen molar-refractivity contribution in [2.75, 3.05) is 0 Å². The predicted octanol–water partition coefficient (Wildman–Crippen LogP) is 3.50. The highest BCUT2D eigenvalue weighted by atomic mass is 35.5. The monoisotopic (exact) mass is 435 g/mol. The Balaban J connectivity index is 1.82. The van der Waals surface area contributed by atoms with Gasteiger partial charge in [0.15, 0.2) is 4.32 Å². The number of nitro groups is 1. The van der Waals surface area contributed by atoms with E-state index in [2.05, 4.69) is 5.43 Å². The van der Waals surface area contributed by atoms with Gasteiger partial charge in [0.1, 0.15) is 5.75 Å². The molecule has 2 aromatic carbocycles. The van der Waals surface area contributed by atoms with Crippen molar-refractivity contribution in [3.8, 4) is 5.75 Å². The number of nitro benzene ring substituents is 1. The van der Waals surface area contributed by atoms with Crippen molar-refractivity contribution in [3.63, 3.8) is 0 Å². The maximum absolute atomic E-state index is 12.6. The molecule has 0 aromatic heterocycles. The first-order chi connectivity index (χ1) is 13.3. The van der Waals surface area contributed by atoms with Crippen LogP contribution in [0.2, 0.25) is 5.02 Å². The van der Waals surface area contributed by atoms with Crippen molar-refractivity contribution < 1.29 is 19.6 Å². The van der Waals surface area contributed by atoms with Gasteiger partial charge in [-0.05, 0) is 48.6 Å². The predicted molar refractivity (Wildman–Crippen MR) is 109 cm³/mol. The third kappa shape index (κ3) is 4.14. The van der Waals surface area contributed by atoms with Crippen LogP contribution in [0.1, 0.15) is 15.9 Å². The molecule has 2 amide bonds. The Morgan fingerprint density at radius 1 is 1.29 bits per heavy atom. The Bertz CT molecular complexity index is 1040. The molecular formula is C17H10ClN3O5S2. The zero-order valence-corrected chi connectivity index (χ0v) is 16.2. The van der Waals surface area contributed by atoms with Gasteiger partial charge in [0.2, 0.25) is 0 Å². The summed E-state index contributed by atoms with van der Waals surface area (Å²) in [5.74, 6) is -1.42. The molecule has 1 heterocycles. The number of amides is 2. The maximum atomic E-state index is 12.6. The Kier molecular flexibility index (Phi) is 5.63. The number of nitrogens with zero attached hydrogens (tertiary/aromatic N) is 2. The van der Waals surface area contributed by atoms with Crippen LogP contribution in [0.15, 0.2) is 47.4 Å². The number of thioether (sulfide) groups is 1. The van der Waals surface area contributed by atoms with Gasteiger partial charge in [0.25, 0.3) is 17.5 Å². The average molecular weight is 436 g/mol. The lowest BCUT2D eigenvalue weighted by atomic mass is 10.1. The van der Waals surface area contributed by atoms with Crippen molar-refractivity contribution >= 4 is 63.5 Å². The van der Waals surface area contributed by atoms with Crippen LogP contribution in [0.25, 0.3) is 6.08 Å². The zero-order valence-electron chi connectivity index (χ0n) is 13.8. The van der Waals surface area contributed by atoms with Crippen molar-refractivity contribution in [2.45, 2.75) is 0 Å². The van der Waals surface area contributed by atoms with Gasteiger partial charge in [0.05, 0.1) is 9.83 Å². The molecule has 1 fully saturated rings. The van der Waals surface area contributed by atoms with E-state index in [9.17, 15) is 24.8 Å². The summed E-state index contributed by atoms with van der Waals surface area (Å²) in [6.07, 6.45) is 1.27. The first-order valence-corrected chi connectivity index (χ1v) is 9.18. The third-order valence-corrected chi connectivity index (χ3v) is 5.18. The molecule has 11 heteroatoms. The summed E-state index contributed by atoms with van der Waals surface area (Å²) in [7, 11) is 0. The van der Waals surface area contributed by atoms with Crippen LogP contribution in [-0.2, 0) is 4.79 Å². The minimum absolute atomic E-state index is 0.0727. The van der Waals surface area contributed by atoms with Crippen LogP contribution in [0.3, 0.4) is 0 Å².